The largest absolute Gasteiger partial charge is 0.323 e. The number of imidazole rings is 1. The van der Waals surface area contributed by atoms with Gasteiger partial charge in [0.15, 0.2) is 0 Å². The van der Waals surface area contributed by atoms with Crippen molar-refractivity contribution in [3.05, 3.63) is 64.5 Å². The molecule has 160 valence electrons. The lowest BCUT2D eigenvalue weighted by molar-refractivity contribution is -0.130. The zero-order valence-electron chi connectivity index (χ0n) is 18.5. The molecule has 3 aromatic rings. The number of carbonyl (C=O) groups excluding carboxylic acids is 1. The summed E-state index contributed by atoms with van der Waals surface area (Å²) in [5, 5.41) is 8.81. The maximum Gasteiger partial charge on any atom is 0.260 e. The second-order valence-corrected chi connectivity index (χ2v) is 9.11. The maximum absolute atomic E-state index is 11.6. The van der Waals surface area contributed by atoms with Gasteiger partial charge < -0.3 is 10.3 Å². The zero-order valence-corrected chi connectivity index (χ0v) is 18.5. The van der Waals surface area contributed by atoms with Gasteiger partial charge >= 0.3 is 0 Å². The summed E-state index contributed by atoms with van der Waals surface area (Å²) in [7, 11) is 0. The minimum Gasteiger partial charge on any atom is -0.323 e. The predicted molar refractivity (Wildman–Crippen MR) is 120 cm³/mol. The number of hydrogen-bond acceptors (Lipinski definition) is 4. The van der Waals surface area contributed by atoms with Crippen LogP contribution in [0.1, 0.15) is 55.3 Å². The highest BCUT2D eigenvalue weighted by Crippen LogP contribution is 2.25. The Bertz CT molecular complexity index is 1050. The molecule has 3 rings (SSSR count). The molecule has 0 radical (unpaired) electrons. The number of nitrogens with two attached hydrogens (primary N) is 1. The van der Waals surface area contributed by atoms with Crippen LogP contribution in [0.4, 0.5) is 0 Å². The van der Waals surface area contributed by atoms with Crippen LogP contribution < -0.4 is 11.2 Å². The van der Waals surface area contributed by atoms with E-state index in [1.807, 2.05) is 0 Å². The molecule has 0 aliphatic carbocycles. The predicted octanol–water partition coefficient (Wildman–Crippen LogP) is 3.76. The van der Waals surface area contributed by atoms with Crippen LogP contribution in [0.3, 0.4) is 0 Å². The summed E-state index contributed by atoms with van der Waals surface area (Å²) in [5.74, 6) is 0.304. The molecule has 0 aliphatic rings. The van der Waals surface area contributed by atoms with E-state index < -0.39 is 11.9 Å². The summed E-state index contributed by atoms with van der Waals surface area (Å²) in [5.41, 5.74) is 14.5. The minimum absolute atomic E-state index is 0.115. The molecule has 1 heterocycles. The van der Waals surface area contributed by atoms with Crippen LogP contribution in [0.25, 0.3) is 11.0 Å². The van der Waals surface area contributed by atoms with Gasteiger partial charge in [-0.25, -0.2) is 10.5 Å². The number of nitrogens with zero attached hydrogens (tertiary/aromatic N) is 2. The van der Waals surface area contributed by atoms with Gasteiger partial charge in [0.25, 0.3) is 5.91 Å². The number of hydrogen-bond donors (Lipinski definition) is 3. The molecule has 1 amide bonds. The monoisotopic (exact) mass is 408 g/mol. The number of hydroxylamine groups is 1. The number of amides is 1. The van der Waals surface area contributed by atoms with Gasteiger partial charge in [-0.1, -0.05) is 45.0 Å². The van der Waals surface area contributed by atoms with Gasteiger partial charge in [0.05, 0.1) is 17.1 Å². The highest BCUT2D eigenvalue weighted by Gasteiger charge is 2.18. The summed E-state index contributed by atoms with van der Waals surface area (Å²) in [6.45, 7) is 11.5. The standard InChI is InChI=1S/C24H32N4O2/c1-15-12-20-21(13-16(15)2)28(22(26-20)11-10-19(25)23(29)27-30)14-17-6-8-18(9-7-17)24(3,4)5/h6-9,12-13,19,30H,10-11,14,25H2,1-5H3,(H,27,29). The SMILES string of the molecule is Cc1cc2nc(CCC(N)C(=O)NO)n(Cc3ccc(C(C)(C)C)cc3)c2cc1C. The molecule has 30 heavy (non-hydrogen) atoms. The first-order chi connectivity index (χ1) is 14.1. The second kappa shape index (κ2) is 8.58. The molecule has 0 saturated carbocycles. The molecule has 1 atom stereocenters. The number of aryl methyl sites for hydroxylation is 3. The fourth-order valence-electron chi connectivity index (χ4n) is 3.59. The topological polar surface area (TPSA) is 93.2 Å². The van der Waals surface area contributed by atoms with E-state index in [9.17, 15) is 4.79 Å². The molecule has 6 nitrogen and oxygen atoms in total. The summed E-state index contributed by atoms with van der Waals surface area (Å²) in [6, 6.07) is 12.2. The maximum atomic E-state index is 11.6. The molecular weight excluding hydrogens is 376 g/mol. The van der Waals surface area contributed by atoms with Crippen molar-refractivity contribution < 1.29 is 10.0 Å². The fraction of sp³-hybridized carbons (Fsp3) is 0.417. The summed E-state index contributed by atoms with van der Waals surface area (Å²) < 4.78 is 2.21. The molecule has 0 spiro atoms. The lowest BCUT2D eigenvalue weighted by Crippen LogP contribution is -2.39. The third kappa shape index (κ3) is 4.71. The molecule has 2 aromatic carbocycles. The molecule has 0 fully saturated rings. The van der Waals surface area contributed by atoms with Crippen molar-refractivity contribution in [2.75, 3.05) is 0 Å². The highest BCUT2D eigenvalue weighted by molar-refractivity contribution is 5.80. The van der Waals surface area contributed by atoms with Crippen molar-refractivity contribution in [2.45, 2.75) is 65.5 Å². The first kappa shape index (κ1) is 22.0. The van der Waals surface area contributed by atoms with Crippen LogP contribution in [0.5, 0.6) is 0 Å². The second-order valence-electron chi connectivity index (χ2n) is 9.11. The molecule has 0 aliphatic heterocycles. The molecule has 6 heteroatoms. The lowest BCUT2D eigenvalue weighted by atomic mass is 9.87. The normalized spacial score (nSPS) is 12.9. The van der Waals surface area contributed by atoms with E-state index in [2.05, 4.69) is 75.6 Å². The average Bonchev–Trinajstić information content (AvgIpc) is 3.01. The highest BCUT2D eigenvalue weighted by atomic mass is 16.5. The number of nitrogens with one attached hydrogen (secondary N) is 1. The Kier molecular flexibility index (Phi) is 6.29. The van der Waals surface area contributed by atoms with Crippen molar-refractivity contribution in [1.29, 1.82) is 0 Å². The number of carbonyl (C=O) groups is 1. The summed E-state index contributed by atoms with van der Waals surface area (Å²) in [4.78, 5) is 16.4. The first-order valence-corrected chi connectivity index (χ1v) is 10.4. The van der Waals surface area contributed by atoms with Crippen molar-refractivity contribution in [2.24, 2.45) is 5.73 Å². The number of rotatable bonds is 6. The van der Waals surface area contributed by atoms with Crippen molar-refractivity contribution in [1.82, 2.24) is 15.0 Å². The third-order valence-electron chi connectivity index (χ3n) is 5.73. The molecule has 1 aromatic heterocycles. The van der Waals surface area contributed by atoms with E-state index >= 15 is 0 Å². The smallest absolute Gasteiger partial charge is 0.260 e. The molecule has 0 bridgehead atoms. The van der Waals surface area contributed by atoms with Crippen LogP contribution >= 0.6 is 0 Å². The van der Waals surface area contributed by atoms with Crippen LogP contribution in [-0.2, 0) is 23.2 Å². The minimum atomic E-state index is -0.780. The first-order valence-electron chi connectivity index (χ1n) is 10.4. The van der Waals surface area contributed by atoms with E-state index in [1.165, 1.54) is 22.3 Å². The van der Waals surface area contributed by atoms with Crippen molar-refractivity contribution in [3.8, 4) is 0 Å². The van der Waals surface area contributed by atoms with E-state index in [1.54, 1.807) is 5.48 Å². The van der Waals surface area contributed by atoms with E-state index in [0.717, 1.165) is 16.9 Å². The Hall–Kier alpha value is -2.70. The van der Waals surface area contributed by atoms with Gasteiger partial charge in [-0.15, -0.1) is 0 Å². The Morgan fingerprint density at radius 1 is 1.17 bits per heavy atom. The Labute approximate surface area is 178 Å². The van der Waals surface area contributed by atoms with Gasteiger partial charge in [-0.3, -0.25) is 10.0 Å². The van der Waals surface area contributed by atoms with Crippen LogP contribution in [0.2, 0.25) is 0 Å². The Morgan fingerprint density at radius 3 is 2.40 bits per heavy atom. The van der Waals surface area contributed by atoms with Gasteiger partial charge in [-0.2, -0.15) is 0 Å². The molecule has 4 N–H and O–H groups in total. The van der Waals surface area contributed by atoms with Gasteiger partial charge in [-0.05, 0) is 60.1 Å². The van der Waals surface area contributed by atoms with Crippen LogP contribution in [0.15, 0.2) is 36.4 Å². The lowest BCUT2D eigenvalue weighted by Gasteiger charge is -2.19. The van der Waals surface area contributed by atoms with Gasteiger partial charge in [0.1, 0.15) is 5.82 Å². The summed E-state index contributed by atoms with van der Waals surface area (Å²) in [6.07, 6.45) is 0.943. The van der Waals surface area contributed by atoms with Crippen molar-refractivity contribution >= 4 is 16.9 Å². The number of benzene rings is 2. The number of aromatic nitrogens is 2. The van der Waals surface area contributed by atoms with Crippen LogP contribution in [0, 0.1) is 13.8 Å². The quantitative estimate of drug-likeness (QED) is 0.428. The van der Waals surface area contributed by atoms with E-state index in [0.29, 0.717) is 19.4 Å². The van der Waals surface area contributed by atoms with Gasteiger partial charge in [0, 0.05) is 13.0 Å². The van der Waals surface area contributed by atoms with E-state index in [-0.39, 0.29) is 5.41 Å². The Morgan fingerprint density at radius 2 is 1.80 bits per heavy atom. The molecule has 1 unspecified atom stereocenters. The van der Waals surface area contributed by atoms with E-state index in [4.69, 9.17) is 15.9 Å². The molecular formula is C24H32N4O2. The van der Waals surface area contributed by atoms with Crippen LogP contribution in [-0.4, -0.2) is 26.7 Å². The van der Waals surface area contributed by atoms with Crippen molar-refractivity contribution in [3.63, 3.8) is 0 Å². The Balaban J connectivity index is 1.96. The fourth-order valence-corrected chi connectivity index (χ4v) is 3.59. The molecule has 0 saturated heterocycles. The third-order valence-corrected chi connectivity index (χ3v) is 5.73. The average molecular weight is 409 g/mol. The van der Waals surface area contributed by atoms with Gasteiger partial charge in [0.2, 0.25) is 0 Å². The number of fused-ring (bicyclic) bond motifs is 1. The zero-order chi connectivity index (χ0) is 22.1. The summed E-state index contributed by atoms with van der Waals surface area (Å²) >= 11 is 0.